The van der Waals surface area contributed by atoms with E-state index in [1.807, 2.05) is 30.3 Å². The lowest BCUT2D eigenvalue weighted by molar-refractivity contribution is -0.139. The summed E-state index contributed by atoms with van der Waals surface area (Å²) in [5.74, 6) is -0.0240. The van der Waals surface area contributed by atoms with Crippen molar-refractivity contribution in [3.05, 3.63) is 46.2 Å². The van der Waals surface area contributed by atoms with Crippen molar-refractivity contribution >= 4 is 29.2 Å². The Labute approximate surface area is 120 Å². The van der Waals surface area contributed by atoms with Crippen LogP contribution in [0.4, 0.5) is 0 Å². The molecule has 4 nitrogen and oxygen atoms in total. The van der Waals surface area contributed by atoms with Gasteiger partial charge in [-0.3, -0.25) is 4.79 Å². The molecule has 0 saturated heterocycles. The van der Waals surface area contributed by atoms with Crippen molar-refractivity contribution in [3.63, 3.8) is 0 Å². The van der Waals surface area contributed by atoms with Crippen LogP contribution in [0.15, 0.2) is 30.3 Å². The van der Waals surface area contributed by atoms with Crippen LogP contribution < -0.4 is 0 Å². The number of methoxy groups -OCH3 is 1. The van der Waals surface area contributed by atoms with Gasteiger partial charge in [0, 0.05) is 11.1 Å². The van der Waals surface area contributed by atoms with Crippen molar-refractivity contribution in [3.8, 4) is 11.4 Å². The van der Waals surface area contributed by atoms with Gasteiger partial charge in [0.2, 0.25) is 0 Å². The first-order chi connectivity index (χ1) is 9.11. The highest BCUT2D eigenvalue weighted by molar-refractivity contribution is 6.35. The van der Waals surface area contributed by atoms with Crippen LogP contribution in [0, 0.1) is 0 Å². The maximum absolute atomic E-state index is 11.2. The van der Waals surface area contributed by atoms with Crippen molar-refractivity contribution in [1.82, 2.24) is 9.97 Å². The Morgan fingerprint density at radius 2 is 1.74 bits per heavy atom. The monoisotopic (exact) mass is 296 g/mol. The zero-order valence-electron chi connectivity index (χ0n) is 10.1. The van der Waals surface area contributed by atoms with Gasteiger partial charge in [-0.2, -0.15) is 0 Å². The molecule has 19 heavy (non-hydrogen) atoms. The molecule has 1 aromatic carbocycles. The number of aromatic nitrogens is 2. The summed E-state index contributed by atoms with van der Waals surface area (Å²) < 4.78 is 4.57. The van der Waals surface area contributed by atoms with E-state index in [-0.39, 0.29) is 16.7 Å². The van der Waals surface area contributed by atoms with Crippen molar-refractivity contribution in [2.45, 2.75) is 6.42 Å². The SMILES string of the molecule is COC(=O)Cc1c(Cl)nc(-c2ccccc2)nc1Cl. The molecule has 0 amide bonds. The minimum absolute atomic E-state index is 0.0523. The number of halogens is 2. The Hall–Kier alpha value is -1.65. The Morgan fingerprint density at radius 1 is 1.16 bits per heavy atom. The second-order valence-electron chi connectivity index (χ2n) is 3.73. The Morgan fingerprint density at radius 3 is 2.26 bits per heavy atom. The number of hydrogen-bond acceptors (Lipinski definition) is 4. The Bertz CT molecular complexity index is 580. The number of carbonyl (C=O) groups excluding carboxylic acids is 1. The van der Waals surface area contributed by atoms with E-state index in [0.717, 1.165) is 5.56 Å². The molecule has 2 aromatic rings. The second-order valence-corrected chi connectivity index (χ2v) is 4.44. The van der Waals surface area contributed by atoms with Crippen LogP contribution in [0.25, 0.3) is 11.4 Å². The van der Waals surface area contributed by atoms with Gasteiger partial charge in [0.15, 0.2) is 5.82 Å². The summed E-state index contributed by atoms with van der Waals surface area (Å²) >= 11 is 12.1. The molecule has 1 aromatic heterocycles. The molecule has 0 bridgehead atoms. The van der Waals surface area contributed by atoms with Crippen LogP contribution in [-0.4, -0.2) is 23.0 Å². The average molecular weight is 297 g/mol. The zero-order chi connectivity index (χ0) is 13.8. The number of rotatable bonds is 3. The first-order valence-electron chi connectivity index (χ1n) is 5.46. The van der Waals surface area contributed by atoms with Crippen LogP contribution in [0.5, 0.6) is 0 Å². The summed E-state index contributed by atoms with van der Waals surface area (Å²) in [6.07, 6.45) is -0.0523. The molecule has 0 atom stereocenters. The zero-order valence-corrected chi connectivity index (χ0v) is 11.6. The summed E-state index contributed by atoms with van der Waals surface area (Å²) in [5.41, 5.74) is 1.17. The summed E-state index contributed by atoms with van der Waals surface area (Å²) in [6.45, 7) is 0. The molecular formula is C13H10Cl2N2O2. The van der Waals surface area contributed by atoms with E-state index in [9.17, 15) is 4.79 Å². The molecular weight excluding hydrogens is 287 g/mol. The van der Waals surface area contributed by atoms with Gasteiger partial charge < -0.3 is 4.74 Å². The fourth-order valence-corrected chi connectivity index (χ4v) is 2.03. The smallest absolute Gasteiger partial charge is 0.310 e. The first-order valence-corrected chi connectivity index (χ1v) is 6.21. The Kier molecular flexibility index (Phi) is 4.35. The third-order valence-corrected chi connectivity index (χ3v) is 3.11. The first kappa shape index (κ1) is 13.8. The van der Waals surface area contributed by atoms with E-state index in [0.29, 0.717) is 11.4 Å². The topological polar surface area (TPSA) is 52.1 Å². The van der Waals surface area contributed by atoms with Crippen molar-refractivity contribution in [1.29, 1.82) is 0 Å². The predicted octanol–water partition coefficient (Wildman–Crippen LogP) is 3.17. The van der Waals surface area contributed by atoms with Crippen LogP contribution in [0.2, 0.25) is 10.3 Å². The lowest BCUT2D eigenvalue weighted by Gasteiger charge is -2.07. The normalized spacial score (nSPS) is 10.3. The number of benzene rings is 1. The molecule has 0 aliphatic heterocycles. The van der Waals surface area contributed by atoms with Gasteiger partial charge in [-0.05, 0) is 0 Å². The lowest BCUT2D eigenvalue weighted by atomic mass is 10.2. The highest BCUT2D eigenvalue weighted by Gasteiger charge is 2.16. The van der Waals surface area contributed by atoms with E-state index in [1.165, 1.54) is 7.11 Å². The lowest BCUT2D eigenvalue weighted by Crippen LogP contribution is -2.07. The van der Waals surface area contributed by atoms with Gasteiger partial charge in [-0.25, -0.2) is 9.97 Å². The summed E-state index contributed by atoms with van der Waals surface area (Å²) in [6, 6.07) is 9.31. The van der Waals surface area contributed by atoms with Crippen molar-refractivity contribution < 1.29 is 9.53 Å². The standard InChI is InChI=1S/C13H10Cl2N2O2/c1-19-10(18)7-9-11(14)16-13(17-12(9)15)8-5-3-2-4-6-8/h2-6H,7H2,1H3. The molecule has 0 radical (unpaired) electrons. The molecule has 0 saturated carbocycles. The van der Waals surface area contributed by atoms with Crippen molar-refractivity contribution in [2.75, 3.05) is 7.11 Å². The van der Waals surface area contributed by atoms with E-state index in [4.69, 9.17) is 23.2 Å². The Balaban J connectivity index is 2.40. The number of esters is 1. The largest absolute Gasteiger partial charge is 0.469 e. The minimum Gasteiger partial charge on any atom is -0.469 e. The second kappa shape index (κ2) is 5.99. The summed E-state index contributed by atoms with van der Waals surface area (Å²) in [4.78, 5) is 19.6. The fraction of sp³-hybridized carbons (Fsp3) is 0.154. The molecule has 1 heterocycles. The van der Waals surface area contributed by atoms with Gasteiger partial charge >= 0.3 is 5.97 Å². The van der Waals surface area contributed by atoms with Gasteiger partial charge in [-0.1, -0.05) is 53.5 Å². The van der Waals surface area contributed by atoms with Crippen LogP contribution in [-0.2, 0) is 16.0 Å². The third kappa shape index (κ3) is 3.22. The van der Waals surface area contributed by atoms with E-state index in [1.54, 1.807) is 0 Å². The number of nitrogens with zero attached hydrogens (tertiary/aromatic N) is 2. The van der Waals surface area contributed by atoms with E-state index < -0.39 is 5.97 Å². The fourth-order valence-electron chi connectivity index (χ4n) is 1.51. The van der Waals surface area contributed by atoms with E-state index >= 15 is 0 Å². The molecule has 6 heteroatoms. The van der Waals surface area contributed by atoms with Gasteiger partial charge in [0.05, 0.1) is 13.5 Å². The molecule has 2 rings (SSSR count). The summed E-state index contributed by atoms with van der Waals surface area (Å²) in [5, 5.41) is 0.313. The maximum Gasteiger partial charge on any atom is 0.310 e. The molecule has 0 spiro atoms. The van der Waals surface area contributed by atoms with Gasteiger partial charge in [-0.15, -0.1) is 0 Å². The minimum atomic E-state index is -0.445. The predicted molar refractivity (Wildman–Crippen MR) is 73.2 cm³/mol. The molecule has 0 aliphatic rings. The third-order valence-electron chi connectivity index (χ3n) is 2.49. The highest BCUT2D eigenvalue weighted by Crippen LogP contribution is 2.26. The van der Waals surface area contributed by atoms with Gasteiger partial charge in [0.25, 0.3) is 0 Å². The molecule has 0 fully saturated rings. The quantitative estimate of drug-likeness (QED) is 0.645. The van der Waals surface area contributed by atoms with Gasteiger partial charge in [0.1, 0.15) is 10.3 Å². The van der Waals surface area contributed by atoms with Crippen LogP contribution >= 0.6 is 23.2 Å². The molecule has 0 aliphatic carbocycles. The highest BCUT2D eigenvalue weighted by atomic mass is 35.5. The molecule has 0 N–H and O–H groups in total. The van der Waals surface area contributed by atoms with Crippen molar-refractivity contribution in [2.24, 2.45) is 0 Å². The summed E-state index contributed by atoms with van der Waals surface area (Å²) in [7, 11) is 1.29. The molecule has 98 valence electrons. The van der Waals surface area contributed by atoms with Crippen LogP contribution in [0.3, 0.4) is 0 Å². The van der Waals surface area contributed by atoms with Crippen LogP contribution in [0.1, 0.15) is 5.56 Å². The maximum atomic E-state index is 11.2. The number of hydrogen-bond donors (Lipinski definition) is 0. The van der Waals surface area contributed by atoms with E-state index in [2.05, 4.69) is 14.7 Å². The molecule has 0 unspecified atom stereocenters. The average Bonchev–Trinajstić information content (AvgIpc) is 2.43. The number of carbonyl (C=O) groups is 1. The number of ether oxygens (including phenoxy) is 1.